The molecule has 0 aliphatic carbocycles. The lowest BCUT2D eigenvalue weighted by atomic mass is 10.1. The molecule has 0 bridgehead atoms. The molecule has 2 heterocycles. The minimum Gasteiger partial charge on any atom is -0.456 e. The molecule has 0 amide bonds. The minimum atomic E-state index is -6.00. The summed E-state index contributed by atoms with van der Waals surface area (Å²) in [5.41, 5.74) is 2.93. The number of nitrogens with zero attached hydrogens (tertiary/aromatic N) is 1. The molecule has 0 spiro atoms. The number of benzene rings is 2. The Morgan fingerprint density at radius 3 is 2.33 bits per heavy atom. The fraction of sp³-hybridized carbons (Fsp3) is 0.0476. The highest BCUT2D eigenvalue weighted by Gasteiger charge is 2.20. The van der Waals surface area contributed by atoms with Gasteiger partial charge in [-0.2, -0.15) is 0 Å². The third-order valence-electron chi connectivity index (χ3n) is 3.99. The van der Waals surface area contributed by atoms with E-state index in [4.69, 9.17) is 16.0 Å². The second kappa shape index (κ2) is 9.58. The Hall–Kier alpha value is -3.13. The summed E-state index contributed by atoms with van der Waals surface area (Å²) in [6, 6.07) is 21.7. The summed E-state index contributed by atoms with van der Waals surface area (Å²) < 4.78 is 45.1. The van der Waals surface area contributed by atoms with Crippen LogP contribution in [0.1, 0.15) is 5.56 Å². The van der Waals surface area contributed by atoms with E-state index >= 15 is 0 Å². The van der Waals surface area contributed by atoms with Crippen molar-refractivity contribution in [3.05, 3.63) is 95.1 Å². The normalized spacial score (nSPS) is 11.8. The topological polar surface area (TPSA) is 40.0 Å². The van der Waals surface area contributed by atoms with Crippen LogP contribution in [0.15, 0.2) is 83.5 Å². The average Bonchev–Trinajstić information content (AvgIpc) is 2.72. The van der Waals surface area contributed by atoms with Gasteiger partial charge in [0.25, 0.3) is 0 Å². The second-order valence-corrected chi connectivity index (χ2v) is 6.68. The molecule has 0 saturated carbocycles. The van der Waals surface area contributed by atoms with E-state index in [2.05, 4.69) is 9.98 Å². The predicted octanol–water partition coefficient (Wildman–Crippen LogP) is 4.63. The first-order valence-corrected chi connectivity index (χ1v) is 9.29. The van der Waals surface area contributed by atoms with Crippen LogP contribution in [0.2, 0.25) is 5.02 Å². The van der Waals surface area contributed by atoms with E-state index in [1.54, 1.807) is 6.20 Å². The van der Waals surface area contributed by atoms with E-state index in [9.17, 15) is 17.3 Å². The van der Waals surface area contributed by atoms with Gasteiger partial charge in [0.2, 0.25) is 5.36 Å². The molecule has 2 aromatic heterocycles. The monoisotopic (exact) mass is 434 g/mol. The Morgan fingerprint density at radius 2 is 1.67 bits per heavy atom. The third kappa shape index (κ3) is 6.45. The molecule has 3 nitrogen and oxygen atoms in total. The summed E-state index contributed by atoms with van der Waals surface area (Å²) in [6.07, 6.45) is 3.63. The van der Waals surface area contributed by atoms with Gasteiger partial charge in [0, 0.05) is 28.5 Å². The summed E-state index contributed by atoms with van der Waals surface area (Å²) in [7, 11) is -6.00. The van der Waals surface area contributed by atoms with Gasteiger partial charge in [0.15, 0.2) is 6.54 Å². The maximum atomic E-state index is 9.75. The summed E-state index contributed by atoms with van der Waals surface area (Å²) in [6.45, 7) is 0.674. The van der Waals surface area contributed by atoms with Gasteiger partial charge in [-0.25, -0.2) is 4.99 Å². The fourth-order valence-corrected chi connectivity index (χ4v) is 2.92. The van der Waals surface area contributed by atoms with E-state index in [0.717, 1.165) is 33.2 Å². The molecule has 0 radical (unpaired) electrons. The lowest BCUT2D eigenvalue weighted by Gasteiger charge is -2.03. The highest BCUT2D eigenvalue weighted by atomic mass is 35.5. The van der Waals surface area contributed by atoms with Gasteiger partial charge < -0.3 is 21.7 Å². The Bertz CT molecular complexity index is 1180. The SMILES string of the molecule is Clc1ccc2oc(-c3ccccc3)cc(=[NH+]Cc3cccnc3)c2c1.F[B-](F)(F)F. The third-order valence-corrected chi connectivity index (χ3v) is 4.23. The van der Waals surface area contributed by atoms with E-state index in [1.807, 2.05) is 72.9 Å². The number of aromatic nitrogens is 1. The van der Waals surface area contributed by atoms with Crippen LogP contribution in [0.5, 0.6) is 0 Å². The van der Waals surface area contributed by atoms with Crippen LogP contribution in [-0.2, 0) is 6.54 Å². The molecule has 0 aliphatic heterocycles. The maximum Gasteiger partial charge on any atom is 0.673 e. The zero-order valence-corrected chi connectivity index (χ0v) is 16.3. The molecule has 4 aromatic rings. The molecule has 0 saturated heterocycles. The van der Waals surface area contributed by atoms with Gasteiger partial charge in [-0.3, -0.25) is 4.98 Å². The Balaban J connectivity index is 0.000000461. The summed E-state index contributed by atoms with van der Waals surface area (Å²) >= 11 is 6.19. The number of rotatable bonds is 3. The highest BCUT2D eigenvalue weighted by molar-refractivity contribution is 6.50. The standard InChI is InChI=1S/C21H15ClN2O.BF4/c22-17-8-9-20-18(11-17)19(24-14-15-5-4-10-23-13-15)12-21(25-20)16-6-2-1-3-7-16;2-1(3,4)5/h1-13H,14H2;/q;-1/p+1. The molecule has 1 N–H and O–H groups in total. The van der Waals surface area contributed by atoms with E-state index in [1.165, 1.54) is 0 Å². The van der Waals surface area contributed by atoms with E-state index in [0.29, 0.717) is 11.6 Å². The number of hydrogen-bond acceptors (Lipinski definition) is 2. The molecule has 154 valence electrons. The summed E-state index contributed by atoms with van der Waals surface area (Å²) in [5, 5.41) is 2.61. The van der Waals surface area contributed by atoms with Gasteiger partial charge in [0.1, 0.15) is 11.3 Å². The molecule has 0 aliphatic rings. The smallest absolute Gasteiger partial charge is 0.456 e. The first-order chi connectivity index (χ1) is 14.3. The first-order valence-electron chi connectivity index (χ1n) is 8.91. The summed E-state index contributed by atoms with van der Waals surface area (Å²) in [5.74, 6) is 0.809. The average molecular weight is 435 g/mol. The molecule has 0 atom stereocenters. The lowest BCUT2D eigenvalue weighted by molar-refractivity contribution is -0.516. The van der Waals surface area contributed by atoms with Gasteiger partial charge >= 0.3 is 7.25 Å². The van der Waals surface area contributed by atoms with Gasteiger partial charge in [-0.15, -0.1) is 0 Å². The molecule has 4 rings (SSSR count). The van der Waals surface area contributed by atoms with Crippen molar-refractivity contribution in [2.24, 2.45) is 0 Å². The molecule has 9 heteroatoms. The molecule has 0 fully saturated rings. The minimum absolute atomic E-state index is 0.674. The van der Waals surface area contributed by atoms with Crippen LogP contribution in [0.4, 0.5) is 17.3 Å². The Kier molecular flexibility index (Phi) is 6.89. The highest BCUT2D eigenvalue weighted by Crippen LogP contribution is 2.23. The van der Waals surface area contributed by atoms with E-state index in [-0.39, 0.29) is 0 Å². The summed E-state index contributed by atoms with van der Waals surface area (Å²) in [4.78, 5) is 7.64. The van der Waals surface area contributed by atoms with Crippen LogP contribution >= 0.6 is 11.6 Å². The van der Waals surface area contributed by atoms with Crippen LogP contribution in [0.3, 0.4) is 0 Å². The number of fused-ring (bicyclic) bond motifs is 1. The first kappa shape index (κ1) is 21.6. The van der Waals surface area contributed by atoms with Crippen molar-refractivity contribution in [3.63, 3.8) is 0 Å². The fourth-order valence-electron chi connectivity index (χ4n) is 2.75. The lowest BCUT2D eigenvalue weighted by Crippen LogP contribution is -2.75. The molecular formula is C21H16BClF4N2O. The largest absolute Gasteiger partial charge is 0.673 e. The van der Waals surface area contributed by atoms with Crippen LogP contribution in [0, 0.1) is 0 Å². The number of nitrogens with one attached hydrogen (secondary N) is 1. The van der Waals surface area contributed by atoms with Gasteiger partial charge in [-0.05, 0) is 30.3 Å². The maximum absolute atomic E-state index is 9.75. The number of halogens is 5. The quantitative estimate of drug-likeness (QED) is 0.377. The van der Waals surface area contributed by atoms with Crippen molar-refractivity contribution in [1.82, 2.24) is 4.98 Å². The van der Waals surface area contributed by atoms with E-state index < -0.39 is 7.25 Å². The van der Waals surface area contributed by atoms with Crippen molar-refractivity contribution in [1.29, 1.82) is 0 Å². The van der Waals surface area contributed by atoms with Gasteiger partial charge in [-0.1, -0.05) is 41.9 Å². The van der Waals surface area contributed by atoms with Crippen molar-refractivity contribution < 1.29 is 26.7 Å². The van der Waals surface area contributed by atoms with Crippen molar-refractivity contribution in [2.75, 3.05) is 0 Å². The molecule has 2 aromatic carbocycles. The Labute approximate surface area is 174 Å². The van der Waals surface area contributed by atoms with Crippen LogP contribution in [0.25, 0.3) is 22.3 Å². The van der Waals surface area contributed by atoms with Crippen LogP contribution < -0.4 is 10.3 Å². The zero-order chi connectivity index (χ0) is 21.6. The van der Waals surface area contributed by atoms with Crippen LogP contribution in [-0.4, -0.2) is 12.2 Å². The zero-order valence-electron chi connectivity index (χ0n) is 15.5. The molecule has 0 unspecified atom stereocenters. The predicted molar refractivity (Wildman–Crippen MR) is 109 cm³/mol. The van der Waals surface area contributed by atoms with Crippen molar-refractivity contribution >= 4 is 29.8 Å². The second-order valence-electron chi connectivity index (χ2n) is 6.24. The van der Waals surface area contributed by atoms with Crippen molar-refractivity contribution in [2.45, 2.75) is 6.54 Å². The number of hydrogen-bond donors (Lipinski definition) is 1. The molecular weight excluding hydrogens is 419 g/mol. The number of pyridine rings is 1. The van der Waals surface area contributed by atoms with Crippen molar-refractivity contribution in [3.8, 4) is 11.3 Å². The Morgan fingerprint density at radius 1 is 0.933 bits per heavy atom. The van der Waals surface area contributed by atoms with Gasteiger partial charge in [0.05, 0.1) is 11.5 Å². The molecule has 30 heavy (non-hydrogen) atoms.